The van der Waals surface area contributed by atoms with Crippen molar-refractivity contribution in [3.05, 3.63) is 35.9 Å². The zero-order chi connectivity index (χ0) is 8.81. The smallest absolute Gasteiger partial charge is 0.148 e. The second kappa shape index (κ2) is 5.04. The number of nitrogens with zero attached hydrogens (tertiary/aromatic N) is 1. The van der Waals surface area contributed by atoms with Crippen LogP contribution in [0.1, 0.15) is 12.0 Å². The van der Waals surface area contributed by atoms with Gasteiger partial charge in [0, 0.05) is 17.1 Å². The summed E-state index contributed by atoms with van der Waals surface area (Å²) in [7, 11) is 0. The van der Waals surface area contributed by atoms with Crippen molar-refractivity contribution in [1.82, 2.24) is 4.98 Å². The molecule has 0 radical (unpaired) electrons. The van der Waals surface area contributed by atoms with Gasteiger partial charge in [-0.15, -0.1) is 0 Å². The van der Waals surface area contributed by atoms with Crippen LogP contribution in [0.3, 0.4) is 0 Å². The lowest BCUT2D eigenvalue weighted by Gasteiger charge is -1.93. The summed E-state index contributed by atoms with van der Waals surface area (Å²) in [4.78, 5) is 3.66. The van der Waals surface area contributed by atoms with Gasteiger partial charge in [0.15, 0.2) is 0 Å². The van der Waals surface area contributed by atoms with Gasteiger partial charge in [0.25, 0.3) is 0 Å². The molecule has 1 aromatic heterocycles. The van der Waals surface area contributed by atoms with Crippen LogP contribution in [0.4, 0.5) is 4.39 Å². The van der Waals surface area contributed by atoms with Crippen molar-refractivity contribution < 1.29 is 4.39 Å². The fourth-order valence-electron chi connectivity index (χ4n) is 0.794. The van der Waals surface area contributed by atoms with Crippen molar-refractivity contribution >= 4 is 22.0 Å². The lowest BCUT2D eigenvalue weighted by Crippen LogP contribution is -1.82. The van der Waals surface area contributed by atoms with Crippen LogP contribution >= 0.6 is 15.9 Å². The monoisotopic (exact) mass is 229 g/mol. The van der Waals surface area contributed by atoms with Gasteiger partial charge in [0.2, 0.25) is 0 Å². The fraction of sp³-hybridized carbons (Fsp3) is 0.222. The largest absolute Gasteiger partial charge is 0.262 e. The summed E-state index contributed by atoms with van der Waals surface area (Å²) in [5, 5.41) is 0.899. The average molecular weight is 230 g/mol. The third-order valence-corrected chi connectivity index (χ3v) is 1.83. The minimum absolute atomic E-state index is 0.275. The van der Waals surface area contributed by atoms with Crippen molar-refractivity contribution in [2.75, 3.05) is 5.33 Å². The summed E-state index contributed by atoms with van der Waals surface area (Å²) in [6.07, 6.45) is 7.39. The summed E-state index contributed by atoms with van der Waals surface area (Å²) in [5.41, 5.74) is 0.589. The quantitative estimate of drug-likeness (QED) is 0.727. The molecule has 0 atom stereocenters. The maximum Gasteiger partial charge on any atom is 0.148 e. The molecule has 1 rings (SSSR count). The fourth-order valence-corrected chi connectivity index (χ4v) is 1.06. The average Bonchev–Trinajstić information content (AvgIpc) is 2.09. The Kier molecular flexibility index (Phi) is 3.94. The highest BCUT2D eigenvalue weighted by atomic mass is 79.9. The van der Waals surface area contributed by atoms with Crippen LogP contribution in [-0.2, 0) is 0 Å². The Morgan fingerprint density at radius 1 is 1.58 bits per heavy atom. The SMILES string of the molecule is Fc1cnccc1C=CCCBr. The molecule has 0 aliphatic rings. The molecule has 0 saturated carbocycles. The van der Waals surface area contributed by atoms with Gasteiger partial charge in [0.1, 0.15) is 5.82 Å². The summed E-state index contributed by atoms with van der Waals surface area (Å²) in [6, 6.07) is 1.65. The molecule has 3 heteroatoms. The molecule has 0 amide bonds. The van der Waals surface area contributed by atoms with Crippen LogP contribution in [0.25, 0.3) is 6.08 Å². The number of halogens is 2. The molecule has 0 saturated heterocycles. The molecule has 0 aromatic carbocycles. The van der Waals surface area contributed by atoms with Gasteiger partial charge in [0.05, 0.1) is 6.20 Å². The molecule has 0 fully saturated rings. The number of allylic oxidation sites excluding steroid dienone is 1. The zero-order valence-electron chi connectivity index (χ0n) is 6.50. The maximum absolute atomic E-state index is 12.9. The van der Waals surface area contributed by atoms with Gasteiger partial charge in [-0.25, -0.2) is 4.39 Å². The van der Waals surface area contributed by atoms with Crippen LogP contribution in [0, 0.1) is 5.82 Å². The number of hydrogen-bond donors (Lipinski definition) is 0. The normalized spacial score (nSPS) is 10.8. The molecule has 0 bridgehead atoms. The van der Waals surface area contributed by atoms with Crippen molar-refractivity contribution in [2.24, 2.45) is 0 Å². The molecule has 12 heavy (non-hydrogen) atoms. The van der Waals surface area contributed by atoms with Gasteiger partial charge in [-0.3, -0.25) is 4.98 Å². The lowest BCUT2D eigenvalue weighted by molar-refractivity contribution is 0.618. The predicted molar refractivity (Wildman–Crippen MR) is 51.6 cm³/mol. The second-order valence-electron chi connectivity index (χ2n) is 2.28. The Morgan fingerprint density at radius 2 is 2.42 bits per heavy atom. The van der Waals surface area contributed by atoms with Crippen LogP contribution in [0.2, 0.25) is 0 Å². The minimum atomic E-state index is -0.275. The van der Waals surface area contributed by atoms with Crippen LogP contribution < -0.4 is 0 Å². The minimum Gasteiger partial charge on any atom is -0.262 e. The van der Waals surface area contributed by atoms with Crippen molar-refractivity contribution in [3.8, 4) is 0 Å². The molecule has 0 unspecified atom stereocenters. The highest BCUT2D eigenvalue weighted by molar-refractivity contribution is 9.09. The molecule has 1 aromatic rings. The first-order valence-electron chi connectivity index (χ1n) is 3.66. The zero-order valence-corrected chi connectivity index (χ0v) is 8.09. The van der Waals surface area contributed by atoms with Gasteiger partial charge >= 0.3 is 0 Å². The van der Waals surface area contributed by atoms with E-state index in [0.717, 1.165) is 11.8 Å². The summed E-state index contributed by atoms with van der Waals surface area (Å²) < 4.78 is 12.9. The van der Waals surface area contributed by atoms with E-state index in [1.165, 1.54) is 6.20 Å². The summed E-state index contributed by atoms with van der Waals surface area (Å²) in [6.45, 7) is 0. The maximum atomic E-state index is 12.9. The van der Waals surface area contributed by atoms with Gasteiger partial charge in [-0.1, -0.05) is 28.1 Å². The van der Waals surface area contributed by atoms with E-state index in [1.54, 1.807) is 18.3 Å². The lowest BCUT2D eigenvalue weighted by atomic mass is 10.2. The van der Waals surface area contributed by atoms with E-state index >= 15 is 0 Å². The Balaban J connectivity index is 2.68. The Labute approximate surface area is 79.5 Å². The number of hydrogen-bond acceptors (Lipinski definition) is 1. The molecular formula is C9H9BrFN. The van der Waals surface area contributed by atoms with Crippen molar-refractivity contribution in [3.63, 3.8) is 0 Å². The Morgan fingerprint density at radius 3 is 3.08 bits per heavy atom. The molecular weight excluding hydrogens is 221 g/mol. The standard InChI is InChI=1S/C9H9BrFN/c10-5-2-1-3-8-4-6-12-7-9(8)11/h1,3-4,6-7H,2,5H2. The molecule has 1 nitrogen and oxygen atoms in total. The molecule has 0 N–H and O–H groups in total. The van der Waals surface area contributed by atoms with Crippen LogP contribution in [0.5, 0.6) is 0 Å². The first kappa shape index (κ1) is 9.39. The predicted octanol–water partition coefficient (Wildman–Crippen LogP) is 3.02. The number of aromatic nitrogens is 1. The van der Waals surface area contributed by atoms with Crippen LogP contribution in [0.15, 0.2) is 24.5 Å². The number of alkyl halides is 1. The topological polar surface area (TPSA) is 12.9 Å². The van der Waals surface area contributed by atoms with Gasteiger partial charge < -0.3 is 0 Å². The molecule has 0 aliphatic heterocycles. The highest BCUT2D eigenvalue weighted by Gasteiger charge is 1.94. The first-order valence-corrected chi connectivity index (χ1v) is 4.79. The Bertz CT molecular complexity index is 273. The van der Waals surface area contributed by atoms with E-state index in [0.29, 0.717) is 5.56 Å². The third-order valence-electron chi connectivity index (χ3n) is 1.38. The van der Waals surface area contributed by atoms with Crippen LogP contribution in [-0.4, -0.2) is 10.3 Å². The molecule has 64 valence electrons. The number of pyridine rings is 1. The van der Waals surface area contributed by atoms with E-state index < -0.39 is 0 Å². The van der Waals surface area contributed by atoms with Crippen molar-refractivity contribution in [1.29, 1.82) is 0 Å². The number of rotatable bonds is 3. The van der Waals surface area contributed by atoms with Gasteiger partial charge in [-0.05, 0) is 12.5 Å². The molecule has 1 heterocycles. The summed E-state index contributed by atoms with van der Waals surface area (Å²) in [5.74, 6) is -0.275. The van der Waals surface area contributed by atoms with E-state index in [-0.39, 0.29) is 5.82 Å². The molecule has 0 spiro atoms. The third kappa shape index (κ3) is 2.74. The summed E-state index contributed by atoms with van der Waals surface area (Å²) >= 11 is 3.28. The van der Waals surface area contributed by atoms with E-state index in [1.807, 2.05) is 6.08 Å². The Hall–Kier alpha value is -0.700. The van der Waals surface area contributed by atoms with Crippen molar-refractivity contribution in [2.45, 2.75) is 6.42 Å². The molecule has 0 aliphatic carbocycles. The van der Waals surface area contributed by atoms with Gasteiger partial charge in [-0.2, -0.15) is 0 Å². The highest BCUT2D eigenvalue weighted by Crippen LogP contribution is 2.07. The second-order valence-corrected chi connectivity index (χ2v) is 3.07. The van der Waals surface area contributed by atoms with E-state index in [2.05, 4.69) is 20.9 Å². The van der Waals surface area contributed by atoms with E-state index in [9.17, 15) is 4.39 Å². The van der Waals surface area contributed by atoms with E-state index in [4.69, 9.17) is 0 Å². The first-order chi connectivity index (χ1) is 5.84.